The molecule has 0 spiro atoms. The molecule has 0 saturated carbocycles. The minimum absolute atomic E-state index is 0.109. The zero-order valence-electron chi connectivity index (χ0n) is 5.13. The second-order valence-electron chi connectivity index (χ2n) is 1.37. The maximum Gasteiger partial charge on any atom is 0.0701 e. The van der Waals surface area contributed by atoms with Crippen LogP contribution in [0.5, 0.6) is 0 Å². The van der Waals surface area contributed by atoms with E-state index in [0.29, 0.717) is 13.2 Å². The van der Waals surface area contributed by atoms with Crippen LogP contribution in [0.4, 0.5) is 0 Å². The smallest absolute Gasteiger partial charge is 0.0701 e. The summed E-state index contributed by atoms with van der Waals surface area (Å²) in [4.78, 5) is 0. The third-order valence-corrected chi connectivity index (χ3v) is 0.685. The van der Waals surface area contributed by atoms with E-state index in [4.69, 9.17) is 9.84 Å². The Kier molecular flexibility index (Phi) is 6.38. The average Bonchev–Trinajstić information content (AvgIpc) is 1.81. The lowest BCUT2D eigenvalue weighted by molar-refractivity contribution is 0.112. The zero-order valence-corrected chi connectivity index (χ0v) is 5.13. The Bertz CT molecular complexity index is 59.5. The topological polar surface area (TPSA) is 29.5 Å². The second-order valence-corrected chi connectivity index (χ2v) is 1.37. The first-order valence-electron chi connectivity index (χ1n) is 2.71. The average molecular weight is 116 g/mol. The molecule has 2 heteroatoms. The van der Waals surface area contributed by atoms with Crippen LogP contribution in [-0.4, -0.2) is 24.9 Å². The molecule has 0 aliphatic rings. The monoisotopic (exact) mass is 116 g/mol. The van der Waals surface area contributed by atoms with Crippen molar-refractivity contribution >= 4 is 0 Å². The van der Waals surface area contributed by atoms with Gasteiger partial charge in [-0.15, -0.1) is 0 Å². The van der Waals surface area contributed by atoms with Crippen molar-refractivity contribution in [2.75, 3.05) is 19.8 Å². The first-order chi connectivity index (χ1) is 3.91. The summed E-state index contributed by atoms with van der Waals surface area (Å²) >= 11 is 0. The molecule has 0 aromatic rings. The van der Waals surface area contributed by atoms with Gasteiger partial charge in [0.25, 0.3) is 0 Å². The fourth-order valence-corrected chi connectivity index (χ4v) is 0.312. The van der Waals surface area contributed by atoms with Crippen molar-refractivity contribution in [3.63, 3.8) is 0 Å². The number of hydrogen-bond donors (Lipinski definition) is 1. The molecule has 0 fully saturated rings. The zero-order chi connectivity index (χ0) is 6.24. The number of hydrogen-bond acceptors (Lipinski definition) is 2. The predicted octanol–water partition coefficient (Wildman–Crippen LogP) is 0.571. The summed E-state index contributed by atoms with van der Waals surface area (Å²) in [7, 11) is 0. The number of rotatable bonds is 4. The SMILES string of the molecule is C/C=C/COCCO. The Morgan fingerprint density at radius 3 is 2.88 bits per heavy atom. The maximum absolute atomic E-state index is 8.22. The molecule has 0 bridgehead atoms. The van der Waals surface area contributed by atoms with Crippen LogP contribution in [0.1, 0.15) is 6.92 Å². The first kappa shape index (κ1) is 7.66. The molecule has 0 aliphatic heterocycles. The summed E-state index contributed by atoms with van der Waals surface area (Å²) in [5, 5.41) is 8.22. The molecule has 0 amide bonds. The van der Waals surface area contributed by atoms with Crippen LogP contribution >= 0.6 is 0 Å². The van der Waals surface area contributed by atoms with E-state index in [9.17, 15) is 0 Å². The Morgan fingerprint density at radius 1 is 1.62 bits per heavy atom. The van der Waals surface area contributed by atoms with Gasteiger partial charge in [-0.05, 0) is 6.92 Å². The number of aliphatic hydroxyl groups excluding tert-OH is 1. The van der Waals surface area contributed by atoms with Crippen LogP contribution in [0, 0.1) is 0 Å². The highest BCUT2D eigenvalue weighted by molar-refractivity contribution is 4.75. The number of ether oxygens (including phenoxy) is 1. The van der Waals surface area contributed by atoms with Crippen LogP contribution < -0.4 is 0 Å². The van der Waals surface area contributed by atoms with E-state index >= 15 is 0 Å². The molecule has 0 atom stereocenters. The summed E-state index contributed by atoms with van der Waals surface area (Å²) in [5.41, 5.74) is 0. The van der Waals surface area contributed by atoms with Gasteiger partial charge in [0.1, 0.15) is 0 Å². The van der Waals surface area contributed by atoms with Crippen molar-refractivity contribution in [1.29, 1.82) is 0 Å². The number of aliphatic hydroxyl groups is 1. The summed E-state index contributed by atoms with van der Waals surface area (Å²) in [6.07, 6.45) is 3.81. The molecule has 0 heterocycles. The van der Waals surface area contributed by atoms with Gasteiger partial charge < -0.3 is 9.84 Å². The van der Waals surface area contributed by atoms with Crippen LogP contribution in [0.2, 0.25) is 0 Å². The van der Waals surface area contributed by atoms with Crippen molar-refractivity contribution in [2.24, 2.45) is 0 Å². The fourth-order valence-electron chi connectivity index (χ4n) is 0.312. The normalized spacial score (nSPS) is 10.8. The van der Waals surface area contributed by atoms with Gasteiger partial charge in [-0.25, -0.2) is 0 Å². The Balaban J connectivity index is 2.72. The van der Waals surface area contributed by atoms with Crippen molar-refractivity contribution in [3.8, 4) is 0 Å². The maximum atomic E-state index is 8.22. The van der Waals surface area contributed by atoms with E-state index in [-0.39, 0.29) is 6.61 Å². The van der Waals surface area contributed by atoms with Crippen molar-refractivity contribution in [3.05, 3.63) is 12.2 Å². The van der Waals surface area contributed by atoms with Gasteiger partial charge in [0, 0.05) is 0 Å². The minimum atomic E-state index is 0.109. The third-order valence-electron chi connectivity index (χ3n) is 0.685. The molecule has 0 aromatic heterocycles. The summed E-state index contributed by atoms with van der Waals surface area (Å²) in [5.74, 6) is 0. The highest BCUT2D eigenvalue weighted by Gasteiger charge is 1.77. The molecule has 2 nitrogen and oxygen atoms in total. The third kappa shape index (κ3) is 5.66. The van der Waals surface area contributed by atoms with Gasteiger partial charge in [-0.2, -0.15) is 0 Å². The van der Waals surface area contributed by atoms with Gasteiger partial charge in [-0.3, -0.25) is 0 Å². The van der Waals surface area contributed by atoms with Crippen LogP contribution in [0.15, 0.2) is 12.2 Å². The van der Waals surface area contributed by atoms with Gasteiger partial charge in [0.2, 0.25) is 0 Å². The lowest BCUT2D eigenvalue weighted by Crippen LogP contribution is -1.97. The standard InChI is InChI=1S/C6H12O2/c1-2-3-5-8-6-4-7/h2-3,7H,4-6H2,1H3/b3-2+. The Morgan fingerprint density at radius 2 is 2.38 bits per heavy atom. The summed E-state index contributed by atoms with van der Waals surface area (Å²) < 4.78 is 4.89. The van der Waals surface area contributed by atoms with Gasteiger partial charge in [0.05, 0.1) is 19.8 Å². The van der Waals surface area contributed by atoms with Gasteiger partial charge in [0.15, 0.2) is 0 Å². The van der Waals surface area contributed by atoms with Gasteiger partial charge in [-0.1, -0.05) is 12.2 Å². The molecule has 0 aliphatic carbocycles. The molecular weight excluding hydrogens is 104 g/mol. The first-order valence-corrected chi connectivity index (χ1v) is 2.71. The van der Waals surface area contributed by atoms with Gasteiger partial charge >= 0.3 is 0 Å². The van der Waals surface area contributed by atoms with E-state index in [1.807, 2.05) is 19.1 Å². The molecule has 48 valence electrons. The highest BCUT2D eigenvalue weighted by Crippen LogP contribution is 1.74. The molecular formula is C6H12O2. The van der Waals surface area contributed by atoms with Crippen molar-refractivity contribution in [2.45, 2.75) is 6.92 Å². The van der Waals surface area contributed by atoms with Crippen LogP contribution in [0.25, 0.3) is 0 Å². The van der Waals surface area contributed by atoms with E-state index in [1.165, 1.54) is 0 Å². The summed E-state index contributed by atoms with van der Waals surface area (Å²) in [6.45, 7) is 3.08. The predicted molar refractivity (Wildman–Crippen MR) is 32.7 cm³/mol. The fraction of sp³-hybridized carbons (Fsp3) is 0.667. The van der Waals surface area contributed by atoms with E-state index in [2.05, 4.69) is 0 Å². The Hall–Kier alpha value is -0.340. The largest absolute Gasteiger partial charge is 0.394 e. The molecule has 0 saturated heterocycles. The number of allylic oxidation sites excluding steroid dienone is 1. The van der Waals surface area contributed by atoms with E-state index < -0.39 is 0 Å². The molecule has 0 unspecified atom stereocenters. The second kappa shape index (κ2) is 6.66. The molecule has 0 radical (unpaired) electrons. The lowest BCUT2D eigenvalue weighted by atomic mass is 10.5. The van der Waals surface area contributed by atoms with Crippen molar-refractivity contribution in [1.82, 2.24) is 0 Å². The van der Waals surface area contributed by atoms with E-state index in [0.717, 1.165) is 0 Å². The van der Waals surface area contributed by atoms with Crippen LogP contribution in [-0.2, 0) is 4.74 Å². The van der Waals surface area contributed by atoms with Crippen LogP contribution in [0.3, 0.4) is 0 Å². The molecule has 1 N–H and O–H groups in total. The van der Waals surface area contributed by atoms with Crippen molar-refractivity contribution < 1.29 is 9.84 Å². The molecule has 0 aromatic carbocycles. The quantitative estimate of drug-likeness (QED) is 0.430. The summed E-state index contributed by atoms with van der Waals surface area (Å²) in [6, 6.07) is 0. The lowest BCUT2D eigenvalue weighted by Gasteiger charge is -1.93. The van der Waals surface area contributed by atoms with E-state index in [1.54, 1.807) is 0 Å². The highest BCUT2D eigenvalue weighted by atomic mass is 16.5. The Labute approximate surface area is 49.8 Å². The molecule has 8 heavy (non-hydrogen) atoms. The minimum Gasteiger partial charge on any atom is -0.394 e. The molecule has 0 rings (SSSR count).